The molecule has 0 radical (unpaired) electrons. The fourth-order valence-corrected chi connectivity index (χ4v) is 3.58. The highest BCUT2D eigenvalue weighted by atomic mass is 16.5. The summed E-state index contributed by atoms with van der Waals surface area (Å²) in [4.78, 5) is 28.7. The molecule has 0 amide bonds. The van der Waals surface area contributed by atoms with Crippen LogP contribution in [0.2, 0.25) is 0 Å². The molecule has 0 unspecified atom stereocenters. The summed E-state index contributed by atoms with van der Waals surface area (Å²) >= 11 is 0. The van der Waals surface area contributed by atoms with Gasteiger partial charge in [0.25, 0.3) is 0 Å². The van der Waals surface area contributed by atoms with Gasteiger partial charge in [0, 0.05) is 12.1 Å². The van der Waals surface area contributed by atoms with Crippen molar-refractivity contribution >= 4 is 28.9 Å². The molecule has 0 spiro atoms. The number of hydrogen-bond donors (Lipinski definition) is 1. The molecule has 1 aromatic heterocycles. The fraction of sp³-hybridized carbons (Fsp3) is 0.179. The molecular formula is C28H26N2O4. The topological polar surface area (TPSA) is 81.4 Å². The molecule has 4 rings (SSSR count). The summed E-state index contributed by atoms with van der Waals surface area (Å²) in [7, 11) is 0. The van der Waals surface area contributed by atoms with Gasteiger partial charge in [-0.1, -0.05) is 78.4 Å². The average Bonchev–Trinajstić information content (AvgIpc) is 3.22. The smallest absolute Gasteiger partial charge is 0.332 e. The van der Waals surface area contributed by atoms with Gasteiger partial charge < -0.3 is 14.4 Å². The maximum absolute atomic E-state index is 13.2. The summed E-state index contributed by atoms with van der Waals surface area (Å²) in [5.41, 5.74) is 5.29. The Balaban J connectivity index is 1.52. The number of carboxylic acids is 1. The van der Waals surface area contributed by atoms with E-state index >= 15 is 0 Å². The lowest BCUT2D eigenvalue weighted by molar-refractivity contribution is -0.149. The average molecular weight is 455 g/mol. The van der Waals surface area contributed by atoms with Gasteiger partial charge in [-0.25, -0.2) is 9.78 Å². The van der Waals surface area contributed by atoms with E-state index < -0.39 is 12.1 Å². The lowest BCUT2D eigenvalue weighted by atomic mass is 10.1. The molecule has 0 saturated carbocycles. The van der Waals surface area contributed by atoms with Crippen LogP contribution in [-0.4, -0.2) is 32.5 Å². The largest absolute Gasteiger partial charge is 0.479 e. The number of carbonyl (C=O) groups excluding carboxylic acids is 1. The zero-order valence-electron chi connectivity index (χ0n) is 19.1. The first-order chi connectivity index (χ1) is 16.4. The second kappa shape index (κ2) is 10.3. The Bertz CT molecular complexity index is 1340. The number of carboxylic acid groups (broad SMARTS) is 1. The Kier molecular flexibility index (Phi) is 6.99. The number of ether oxygens (including phenoxy) is 1. The number of para-hydroxylation sites is 2. The first kappa shape index (κ1) is 23.1. The number of ketones is 1. The zero-order valence-corrected chi connectivity index (χ0v) is 19.1. The molecule has 4 aromatic rings. The molecule has 0 saturated heterocycles. The van der Waals surface area contributed by atoms with Crippen LogP contribution in [0.3, 0.4) is 0 Å². The van der Waals surface area contributed by atoms with Gasteiger partial charge in [0.15, 0.2) is 11.9 Å². The molecule has 34 heavy (non-hydrogen) atoms. The highest BCUT2D eigenvalue weighted by Crippen LogP contribution is 2.20. The SMILES string of the molecule is Cc1ccc(C(=O)c2nc3ccccc3n2CC=Cc2ccc(CO[C@H](C)C(=O)O)cc2)cc1. The Hall–Kier alpha value is -4.03. The van der Waals surface area contributed by atoms with Crippen LogP contribution in [0.4, 0.5) is 0 Å². The minimum atomic E-state index is -0.980. The van der Waals surface area contributed by atoms with Crippen molar-refractivity contribution in [2.45, 2.75) is 33.1 Å². The van der Waals surface area contributed by atoms with Gasteiger partial charge in [0.05, 0.1) is 17.6 Å². The van der Waals surface area contributed by atoms with Crippen molar-refractivity contribution in [3.8, 4) is 0 Å². The Labute approximate surface area is 198 Å². The lowest BCUT2D eigenvalue weighted by Gasteiger charge is -2.08. The number of aromatic nitrogens is 2. The fourth-order valence-electron chi connectivity index (χ4n) is 3.58. The normalized spacial score (nSPS) is 12.3. The van der Waals surface area contributed by atoms with Gasteiger partial charge in [-0.2, -0.15) is 0 Å². The number of rotatable bonds is 9. The number of fused-ring (bicyclic) bond motifs is 1. The molecule has 172 valence electrons. The molecule has 3 aromatic carbocycles. The van der Waals surface area contributed by atoms with Crippen LogP contribution in [0.1, 0.15) is 39.8 Å². The number of aliphatic carboxylic acids is 1. The third kappa shape index (κ3) is 5.30. The van der Waals surface area contributed by atoms with E-state index in [0.29, 0.717) is 17.9 Å². The van der Waals surface area contributed by atoms with E-state index in [1.54, 1.807) is 0 Å². The van der Waals surface area contributed by atoms with Crippen molar-refractivity contribution in [2.24, 2.45) is 0 Å². The highest BCUT2D eigenvalue weighted by Gasteiger charge is 2.18. The first-order valence-corrected chi connectivity index (χ1v) is 11.1. The second-order valence-corrected chi connectivity index (χ2v) is 8.17. The number of allylic oxidation sites excluding steroid dienone is 1. The van der Waals surface area contributed by atoms with E-state index in [9.17, 15) is 9.59 Å². The standard InChI is InChI=1S/C28H26N2O4/c1-19-9-15-23(16-10-19)26(31)27-29-24-7-3-4-8-25(24)30(27)17-5-6-21-11-13-22(14-12-21)18-34-20(2)28(32)33/h3-16,20H,17-18H2,1-2H3,(H,32,33)/t20-/m1/s1. The monoisotopic (exact) mass is 454 g/mol. The maximum Gasteiger partial charge on any atom is 0.332 e. The third-order valence-electron chi connectivity index (χ3n) is 5.60. The molecule has 1 heterocycles. The number of hydrogen-bond acceptors (Lipinski definition) is 4. The molecule has 0 bridgehead atoms. The Morgan fingerprint density at radius 1 is 1.03 bits per heavy atom. The molecule has 0 aliphatic heterocycles. The van der Waals surface area contributed by atoms with Crippen molar-refractivity contribution in [2.75, 3.05) is 0 Å². The molecule has 6 heteroatoms. The first-order valence-electron chi connectivity index (χ1n) is 11.1. The van der Waals surface area contributed by atoms with Crippen LogP contribution in [0.15, 0.2) is 78.9 Å². The van der Waals surface area contributed by atoms with Crippen LogP contribution in [0.5, 0.6) is 0 Å². The number of carbonyl (C=O) groups is 2. The molecule has 0 fully saturated rings. The summed E-state index contributed by atoms with van der Waals surface area (Å²) < 4.78 is 7.25. The molecule has 1 N–H and O–H groups in total. The van der Waals surface area contributed by atoms with E-state index in [0.717, 1.165) is 27.7 Å². The minimum absolute atomic E-state index is 0.107. The van der Waals surface area contributed by atoms with Crippen LogP contribution >= 0.6 is 0 Å². The van der Waals surface area contributed by atoms with E-state index in [-0.39, 0.29) is 12.4 Å². The lowest BCUT2D eigenvalue weighted by Crippen LogP contribution is -2.19. The molecule has 0 aliphatic rings. The van der Waals surface area contributed by atoms with E-state index in [2.05, 4.69) is 4.98 Å². The number of nitrogens with zero attached hydrogens (tertiary/aromatic N) is 2. The Morgan fingerprint density at radius 3 is 2.44 bits per heavy atom. The van der Waals surface area contributed by atoms with Crippen molar-refractivity contribution in [3.63, 3.8) is 0 Å². The van der Waals surface area contributed by atoms with E-state index in [1.807, 2.05) is 96.4 Å². The summed E-state index contributed by atoms with van der Waals surface area (Å²) in [6, 6.07) is 23.0. The zero-order chi connectivity index (χ0) is 24.1. The summed E-state index contributed by atoms with van der Waals surface area (Å²) in [6.07, 6.45) is 3.14. The molecule has 1 atom stereocenters. The second-order valence-electron chi connectivity index (χ2n) is 8.17. The minimum Gasteiger partial charge on any atom is -0.479 e. The van der Waals surface area contributed by atoms with Gasteiger partial charge in [0.2, 0.25) is 5.78 Å². The quantitative estimate of drug-likeness (QED) is 0.348. The summed E-state index contributed by atoms with van der Waals surface area (Å²) in [5.74, 6) is -0.675. The van der Waals surface area contributed by atoms with Crippen molar-refractivity contribution < 1.29 is 19.4 Å². The van der Waals surface area contributed by atoms with Crippen molar-refractivity contribution in [1.82, 2.24) is 9.55 Å². The Morgan fingerprint density at radius 2 is 1.74 bits per heavy atom. The van der Waals surface area contributed by atoms with Gasteiger partial charge >= 0.3 is 5.97 Å². The van der Waals surface area contributed by atoms with E-state index in [4.69, 9.17) is 9.84 Å². The predicted octanol–water partition coefficient (Wildman–Crippen LogP) is 5.28. The number of benzene rings is 3. The summed E-state index contributed by atoms with van der Waals surface area (Å²) in [6.45, 7) is 4.24. The van der Waals surface area contributed by atoms with Crippen LogP contribution < -0.4 is 0 Å². The predicted molar refractivity (Wildman–Crippen MR) is 132 cm³/mol. The van der Waals surface area contributed by atoms with Crippen LogP contribution in [-0.2, 0) is 22.7 Å². The molecule has 0 aliphatic carbocycles. The van der Waals surface area contributed by atoms with Gasteiger partial charge in [-0.05, 0) is 37.1 Å². The van der Waals surface area contributed by atoms with Gasteiger partial charge in [0.1, 0.15) is 0 Å². The highest BCUT2D eigenvalue weighted by molar-refractivity contribution is 6.08. The number of imidazole rings is 1. The van der Waals surface area contributed by atoms with Gasteiger partial charge in [-0.3, -0.25) is 4.79 Å². The van der Waals surface area contributed by atoms with Crippen molar-refractivity contribution in [3.05, 3.63) is 107 Å². The van der Waals surface area contributed by atoms with E-state index in [1.165, 1.54) is 6.92 Å². The number of aryl methyl sites for hydroxylation is 1. The molecule has 6 nitrogen and oxygen atoms in total. The van der Waals surface area contributed by atoms with Crippen LogP contribution in [0.25, 0.3) is 17.1 Å². The van der Waals surface area contributed by atoms with Crippen LogP contribution in [0, 0.1) is 6.92 Å². The summed E-state index contributed by atoms with van der Waals surface area (Å²) in [5, 5.41) is 8.91. The van der Waals surface area contributed by atoms with Gasteiger partial charge in [-0.15, -0.1) is 0 Å². The van der Waals surface area contributed by atoms with Crippen molar-refractivity contribution in [1.29, 1.82) is 0 Å². The molecular weight excluding hydrogens is 428 g/mol. The third-order valence-corrected chi connectivity index (χ3v) is 5.60. The maximum atomic E-state index is 13.2.